The van der Waals surface area contributed by atoms with Crippen LogP contribution in [0.1, 0.15) is 48.4 Å². The SMILES string of the molecule is Cc1ccc(C(NC(=O)CN2C(=O)C3CCCCC3C2=O)c2ccccc2)cc1. The summed E-state index contributed by atoms with van der Waals surface area (Å²) in [5, 5.41) is 3.03. The van der Waals surface area contributed by atoms with Crippen LogP contribution in [0.25, 0.3) is 0 Å². The minimum Gasteiger partial charge on any atom is -0.344 e. The summed E-state index contributed by atoms with van der Waals surface area (Å²) in [4.78, 5) is 39.4. The van der Waals surface area contributed by atoms with Crippen molar-refractivity contribution in [1.29, 1.82) is 0 Å². The Labute approximate surface area is 171 Å². The third-order valence-corrected chi connectivity index (χ3v) is 6.08. The maximum atomic E-state index is 12.9. The Morgan fingerprint density at radius 1 is 0.931 bits per heavy atom. The highest BCUT2D eigenvalue weighted by Gasteiger charge is 2.48. The highest BCUT2D eigenvalue weighted by Crippen LogP contribution is 2.37. The molecule has 4 rings (SSSR count). The number of carbonyl (C=O) groups excluding carboxylic acids is 3. The minimum atomic E-state index is -0.334. The van der Waals surface area contributed by atoms with E-state index in [1.54, 1.807) is 0 Å². The monoisotopic (exact) mass is 390 g/mol. The van der Waals surface area contributed by atoms with E-state index in [1.807, 2.05) is 61.5 Å². The lowest BCUT2D eigenvalue weighted by molar-refractivity contribution is -0.143. The second-order valence-electron chi connectivity index (χ2n) is 8.08. The molecule has 1 heterocycles. The van der Waals surface area contributed by atoms with Crippen molar-refractivity contribution in [1.82, 2.24) is 10.2 Å². The molecule has 0 radical (unpaired) electrons. The van der Waals surface area contributed by atoms with E-state index in [0.717, 1.165) is 42.4 Å². The first-order valence-electron chi connectivity index (χ1n) is 10.3. The molecular weight excluding hydrogens is 364 g/mol. The van der Waals surface area contributed by atoms with E-state index in [9.17, 15) is 14.4 Å². The maximum Gasteiger partial charge on any atom is 0.240 e. The largest absolute Gasteiger partial charge is 0.344 e. The van der Waals surface area contributed by atoms with Crippen LogP contribution in [0.2, 0.25) is 0 Å². The van der Waals surface area contributed by atoms with Gasteiger partial charge in [0, 0.05) is 0 Å². The van der Waals surface area contributed by atoms with Crippen LogP contribution in [0.5, 0.6) is 0 Å². The van der Waals surface area contributed by atoms with Crippen molar-refractivity contribution in [3.05, 3.63) is 71.3 Å². The molecule has 2 fully saturated rings. The molecule has 1 saturated heterocycles. The first-order valence-corrected chi connectivity index (χ1v) is 10.3. The van der Waals surface area contributed by atoms with Crippen molar-refractivity contribution >= 4 is 17.7 Å². The van der Waals surface area contributed by atoms with E-state index < -0.39 is 0 Å². The molecule has 150 valence electrons. The summed E-state index contributed by atoms with van der Waals surface area (Å²) in [6, 6.07) is 17.4. The lowest BCUT2D eigenvalue weighted by atomic mass is 9.81. The number of nitrogens with zero attached hydrogens (tertiary/aromatic N) is 1. The molecule has 1 N–H and O–H groups in total. The highest BCUT2D eigenvalue weighted by atomic mass is 16.2. The summed E-state index contributed by atoms with van der Waals surface area (Å²) < 4.78 is 0. The molecule has 2 aliphatic rings. The molecule has 3 amide bonds. The van der Waals surface area contributed by atoms with E-state index >= 15 is 0 Å². The molecule has 29 heavy (non-hydrogen) atoms. The number of likely N-dealkylation sites (tertiary alicyclic amines) is 1. The first kappa shape index (κ1) is 19.4. The van der Waals surface area contributed by atoms with Gasteiger partial charge in [-0.3, -0.25) is 19.3 Å². The summed E-state index contributed by atoms with van der Waals surface area (Å²) in [5.41, 5.74) is 3.06. The number of amides is 3. The fourth-order valence-corrected chi connectivity index (χ4v) is 4.50. The third-order valence-electron chi connectivity index (χ3n) is 6.08. The van der Waals surface area contributed by atoms with E-state index in [2.05, 4.69) is 5.32 Å². The number of aryl methyl sites for hydroxylation is 1. The molecule has 1 aliphatic carbocycles. The molecule has 2 aromatic rings. The Balaban J connectivity index is 1.52. The number of benzene rings is 2. The zero-order valence-corrected chi connectivity index (χ0v) is 16.6. The summed E-state index contributed by atoms with van der Waals surface area (Å²) in [5.74, 6) is -1.14. The number of nitrogens with one attached hydrogen (secondary N) is 1. The molecule has 2 aromatic carbocycles. The van der Waals surface area contributed by atoms with Gasteiger partial charge in [0.2, 0.25) is 17.7 Å². The molecule has 0 aromatic heterocycles. The number of hydrogen-bond acceptors (Lipinski definition) is 3. The quantitative estimate of drug-likeness (QED) is 0.796. The van der Waals surface area contributed by atoms with Crippen LogP contribution in [0.15, 0.2) is 54.6 Å². The van der Waals surface area contributed by atoms with Crippen LogP contribution in [0.3, 0.4) is 0 Å². The second kappa shape index (κ2) is 8.19. The van der Waals surface area contributed by atoms with Gasteiger partial charge in [0.15, 0.2) is 0 Å². The summed E-state index contributed by atoms with van der Waals surface area (Å²) in [6.07, 6.45) is 3.46. The Bertz CT molecular complexity index is 883. The van der Waals surface area contributed by atoms with Crippen molar-refractivity contribution in [3.8, 4) is 0 Å². The maximum absolute atomic E-state index is 12.9. The topological polar surface area (TPSA) is 66.5 Å². The smallest absolute Gasteiger partial charge is 0.240 e. The van der Waals surface area contributed by atoms with Crippen molar-refractivity contribution in [2.24, 2.45) is 11.8 Å². The van der Waals surface area contributed by atoms with Gasteiger partial charge in [0.25, 0.3) is 0 Å². The highest BCUT2D eigenvalue weighted by molar-refractivity contribution is 6.07. The van der Waals surface area contributed by atoms with Gasteiger partial charge in [-0.1, -0.05) is 73.0 Å². The number of fused-ring (bicyclic) bond motifs is 1. The van der Waals surface area contributed by atoms with Gasteiger partial charge in [0.05, 0.1) is 17.9 Å². The predicted molar refractivity (Wildman–Crippen MR) is 110 cm³/mol. The lowest BCUT2D eigenvalue weighted by Crippen LogP contribution is -2.42. The summed E-state index contributed by atoms with van der Waals surface area (Å²) in [7, 11) is 0. The van der Waals surface area contributed by atoms with Crippen molar-refractivity contribution < 1.29 is 14.4 Å². The zero-order valence-electron chi connectivity index (χ0n) is 16.6. The van der Waals surface area contributed by atoms with Crippen molar-refractivity contribution in [2.45, 2.75) is 38.6 Å². The Hall–Kier alpha value is -2.95. The molecular formula is C24H26N2O3. The van der Waals surface area contributed by atoms with Crippen LogP contribution >= 0.6 is 0 Å². The third kappa shape index (κ3) is 3.95. The van der Waals surface area contributed by atoms with E-state index in [1.165, 1.54) is 4.90 Å². The normalized spacial score (nSPS) is 22.3. The van der Waals surface area contributed by atoms with Gasteiger partial charge in [0.1, 0.15) is 6.54 Å². The van der Waals surface area contributed by atoms with E-state index in [4.69, 9.17) is 0 Å². The minimum absolute atomic E-state index is 0.179. The summed E-state index contributed by atoms with van der Waals surface area (Å²) >= 11 is 0. The molecule has 3 unspecified atom stereocenters. The summed E-state index contributed by atoms with van der Waals surface area (Å²) in [6.45, 7) is 1.81. The fourth-order valence-electron chi connectivity index (χ4n) is 4.50. The van der Waals surface area contributed by atoms with Crippen LogP contribution < -0.4 is 5.32 Å². The molecule has 0 bridgehead atoms. The molecule has 5 heteroatoms. The van der Waals surface area contributed by atoms with Gasteiger partial charge in [-0.25, -0.2) is 0 Å². The number of carbonyl (C=O) groups is 3. The van der Waals surface area contributed by atoms with Crippen LogP contribution in [-0.4, -0.2) is 29.2 Å². The number of imide groups is 1. The van der Waals surface area contributed by atoms with Gasteiger partial charge in [-0.05, 0) is 30.9 Å². The molecule has 1 aliphatic heterocycles. The predicted octanol–water partition coefficient (Wildman–Crippen LogP) is 3.38. The van der Waals surface area contributed by atoms with Gasteiger partial charge in [-0.2, -0.15) is 0 Å². The standard InChI is InChI=1S/C24H26N2O3/c1-16-11-13-18(14-12-16)22(17-7-3-2-4-8-17)25-21(27)15-26-23(28)19-9-5-6-10-20(19)24(26)29/h2-4,7-8,11-14,19-20,22H,5-6,9-10,15H2,1H3,(H,25,27). The zero-order chi connectivity index (χ0) is 20.4. The van der Waals surface area contributed by atoms with Crippen molar-refractivity contribution in [3.63, 3.8) is 0 Å². The van der Waals surface area contributed by atoms with Gasteiger partial charge < -0.3 is 5.32 Å². The van der Waals surface area contributed by atoms with E-state index in [0.29, 0.717) is 0 Å². The Morgan fingerprint density at radius 2 is 1.48 bits per heavy atom. The average molecular weight is 390 g/mol. The van der Waals surface area contributed by atoms with Crippen LogP contribution in [0.4, 0.5) is 0 Å². The Kier molecular flexibility index (Phi) is 5.47. The van der Waals surface area contributed by atoms with Gasteiger partial charge >= 0.3 is 0 Å². The number of rotatable bonds is 5. The first-order chi connectivity index (χ1) is 14.0. The van der Waals surface area contributed by atoms with Crippen molar-refractivity contribution in [2.75, 3.05) is 6.54 Å². The average Bonchev–Trinajstić information content (AvgIpc) is 2.98. The van der Waals surface area contributed by atoms with Crippen LogP contribution in [0, 0.1) is 18.8 Å². The molecule has 3 atom stereocenters. The van der Waals surface area contributed by atoms with Crippen LogP contribution in [-0.2, 0) is 14.4 Å². The second-order valence-corrected chi connectivity index (χ2v) is 8.08. The number of hydrogen-bond donors (Lipinski definition) is 1. The molecule has 5 nitrogen and oxygen atoms in total. The van der Waals surface area contributed by atoms with E-state index in [-0.39, 0.29) is 42.1 Å². The molecule has 0 spiro atoms. The molecule has 1 saturated carbocycles. The van der Waals surface area contributed by atoms with Gasteiger partial charge in [-0.15, -0.1) is 0 Å². The lowest BCUT2D eigenvalue weighted by Gasteiger charge is -2.22. The Morgan fingerprint density at radius 3 is 2.07 bits per heavy atom. The fraction of sp³-hybridized carbons (Fsp3) is 0.375.